The minimum Gasteiger partial charge on any atom is -0.340 e. The molecule has 2 aromatic carbocycles. The molecule has 3 N–H and O–H groups in total. The largest absolute Gasteiger partial charge is 0.340 e. The average molecular weight is 472 g/mol. The van der Waals surface area contributed by atoms with Crippen LogP contribution in [-0.2, 0) is 19.8 Å². The fourth-order valence-corrected chi connectivity index (χ4v) is 4.12. The smallest absolute Gasteiger partial charge is 0.257 e. The summed E-state index contributed by atoms with van der Waals surface area (Å²) in [5, 5.41) is 7.49. The average Bonchev–Trinajstić information content (AvgIpc) is 2.78. The quantitative estimate of drug-likeness (QED) is 0.538. The summed E-state index contributed by atoms with van der Waals surface area (Å²) in [7, 11) is 0. The van der Waals surface area contributed by atoms with Crippen LogP contribution in [0, 0.1) is 17.6 Å². The van der Waals surface area contributed by atoms with Crippen molar-refractivity contribution in [1.82, 2.24) is 10.6 Å². The van der Waals surface area contributed by atoms with E-state index in [1.165, 1.54) is 0 Å². The van der Waals surface area contributed by atoms with Gasteiger partial charge in [0.1, 0.15) is 23.2 Å². The van der Waals surface area contributed by atoms with Crippen LogP contribution in [0.2, 0.25) is 0 Å². The Balaban J connectivity index is 1.75. The van der Waals surface area contributed by atoms with Crippen molar-refractivity contribution in [1.29, 1.82) is 0 Å². The maximum absolute atomic E-state index is 14.0. The lowest BCUT2D eigenvalue weighted by Gasteiger charge is -2.35. The Morgan fingerprint density at radius 3 is 2.21 bits per heavy atom. The molecule has 1 aliphatic rings. The van der Waals surface area contributed by atoms with Gasteiger partial charge in [0.05, 0.1) is 5.41 Å². The molecule has 1 fully saturated rings. The highest BCUT2D eigenvalue weighted by Crippen LogP contribution is 2.36. The van der Waals surface area contributed by atoms with Gasteiger partial charge in [-0.25, -0.2) is 8.78 Å². The number of hydrogen-bond donors (Lipinski definition) is 3. The summed E-state index contributed by atoms with van der Waals surface area (Å²) in [6.45, 7) is 5.26. The van der Waals surface area contributed by atoms with Crippen LogP contribution in [0.3, 0.4) is 0 Å². The molecule has 4 amide bonds. The summed E-state index contributed by atoms with van der Waals surface area (Å²) in [6.07, 6.45) is 1.15. The number of halogens is 2. The molecule has 1 aliphatic heterocycles. The summed E-state index contributed by atoms with van der Waals surface area (Å²) in [5.74, 6) is -4.63. The number of benzene rings is 2. The molecule has 0 radical (unpaired) electrons. The molecule has 0 spiro atoms. The zero-order valence-electron chi connectivity index (χ0n) is 19.2. The Kier molecular flexibility index (Phi) is 7.44. The lowest BCUT2D eigenvalue weighted by atomic mass is 9.72. The number of piperidine rings is 1. The minimum absolute atomic E-state index is 0.246. The van der Waals surface area contributed by atoms with Crippen LogP contribution in [-0.4, -0.2) is 29.7 Å². The maximum atomic E-state index is 14.0. The third-order valence-electron chi connectivity index (χ3n) is 6.20. The van der Waals surface area contributed by atoms with Gasteiger partial charge < -0.3 is 10.6 Å². The van der Waals surface area contributed by atoms with Crippen molar-refractivity contribution >= 4 is 29.3 Å². The van der Waals surface area contributed by atoms with E-state index in [9.17, 15) is 28.0 Å². The second-order valence-electron chi connectivity index (χ2n) is 8.67. The summed E-state index contributed by atoms with van der Waals surface area (Å²) >= 11 is 0. The number of imide groups is 1. The summed E-state index contributed by atoms with van der Waals surface area (Å²) in [6, 6.07) is 8.72. The molecule has 0 aromatic heterocycles. The van der Waals surface area contributed by atoms with Crippen molar-refractivity contribution < 1.29 is 28.0 Å². The molecule has 1 heterocycles. The van der Waals surface area contributed by atoms with Crippen LogP contribution >= 0.6 is 0 Å². The number of carbonyl (C=O) groups excluding carboxylic acids is 4. The molecule has 9 heteroatoms. The number of rotatable bonds is 7. The van der Waals surface area contributed by atoms with Crippen molar-refractivity contribution in [2.75, 3.05) is 5.32 Å². The van der Waals surface area contributed by atoms with E-state index in [0.29, 0.717) is 18.5 Å². The molecule has 3 rings (SSSR count). The Morgan fingerprint density at radius 2 is 1.68 bits per heavy atom. The molecule has 0 aliphatic carbocycles. The van der Waals surface area contributed by atoms with Crippen LogP contribution in [0.5, 0.6) is 0 Å². The second kappa shape index (κ2) is 10.1. The van der Waals surface area contributed by atoms with Gasteiger partial charge in [-0.05, 0) is 48.6 Å². The molecule has 34 heavy (non-hydrogen) atoms. The van der Waals surface area contributed by atoms with E-state index in [0.717, 1.165) is 23.8 Å². The predicted molar refractivity (Wildman–Crippen MR) is 122 cm³/mol. The normalized spacial score (nSPS) is 18.9. The first kappa shape index (κ1) is 25.0. The van der Waals surface area contributed by atoms with Crippen molar-refractivity contribution in [3.63, 3.8) is 0 Å². The summed E-state index contributed by atoms with van der Waals surface area (Å²) in [5.41, 5.74) is -0.431. The highest BCUT2D eigenvalue weighted by atomic mass is 19.1. The van der Waals surface area contributed by atoms with Crippen LogP contribution in [0.15, 0.2) is 42.5 Å². The van der Waals surface area contributed by atoms with E-state index in [4.69, 9.17) is 0 Å². The van der Waals surface area contributed by atoms with Crippen LogP contribution in [0.4, 0.5) is 14.5 Å². The summed E-state index contributed by atoms with van der Waals surface area (Å²) < 4.78 is 27.9. The highest BCUT2D eigenvalue weighted by Gasteiger charge is 2.42. The molecule has 1 saturated heterocycles. The second-order valence-corrected chi connectivity index (χ2v) is 8.67. The Morgan fingerprint density at radius 1 is 1.06 bits per heavy atom. The van der Waals surface area contributed by atoms with E-state index in [1.54, 1.807) is 38.1 Å². The molecular formula is C25H27F2N3O4. The first-order valence-electron chi connectivity index (χ1n) is 11.1. The molecule has 0 saturated carbocycles. The molecule has 0 bridgehead atoms. The van der Waals surface area contributed by atoms with E-state index in [1.807, 2.05) is 6.92 Å². The fourth-order valence-electron chi connectivity index (χ4n) is 4.12. The number of hydrogen-bond acceptors (Lipinski definition) is 4. The van der Waals surface area contributed by atoms with Crippen LogP contribution in [0.1, 0.15) is 56.0 Å². The topological polar surface area (TPSA) is 104 Å². The zero-order valence-corrected chi connectivity index (χ0v) is 19.2. The Labute approximate surface area is 196 Å². The van der Waals surface area contributed by atoms with Crippen LogP contribution in [0.25, 0.3) is 0 Å². The standard InChI is InChI=1S/C25H27F2N3O4/c1-4-25(13-12-19(31)29-24(25)34)15-8-10-16(11-9-15)28-23(33)21(14(2)3)30-22(32)20-17(26)6-5-7-18(20)27/h5-11,14,21H,4,12-13H2,1-3H3,(H,28,33)(H,30,32)(H,29,31,34)/t21-,25?/m0/s1. The highest BCUT2D eigenvalue weighted by molar-refractivity contribution is 6.04. The van der Waals surface area contributed by atoms with Gasteiger partial charge in [-0.1, -0.05) is 39.0 Å². The van der Waals surface area contributed by atoms with E-state index in [-0.39, 0.29) is 24.2 Å². The molecule has 1 unspecified atom stereocenters. The molecule has 2 aromatic rings. The molecule has 2 atom stereocenters. The number of amides is 4. The van der Waals surface area contributed by atoms with Gasteiger partial charge in [0, 0.05) is 12.1 Å². The lowest BCUT2D eigenvalue weighted by molar-refractivity contribution is -0.138. The fraction of sp³-hybridized carbons (Fsp3) is 0.360. The van der Waals surface area contributed by atoms with Crippen LogP contribution < -0.4 is 16.0 Å². The van der Waals surface area contributed by atoms with E-state index in [2.05, 4.69) is 16.0 Å². The maximum Gasteiger partial charge on any atom is 0.257 e. The molecule has 7 nitrogen and oxygen atoms in total. The first-order valence-corrected chi connectivity index (χ1v) is 11.1. The van der Waals surface area contributed by atoms with Gasteiger partial charge in [0.15, 0.2) is 0 Å². The monoisotopic (exact) mass is 471 g/mol. The van der Waals surface area contributed by atoms with Crippen molar-refractivity contribution in [2.45, 2.75) is 51.5 Å². The van der Waals surface area contributed by atoms with Gasteiger partial charge in [0.2, 0.25) is 17.7 Å². The number of carbonyl (C=O) groups is 4. The Hall–Kier alpha value is -3.62. The first-order chi connectivity index (χ1) is 16.1. The molecule has 180 valence electrons. The van der Waals surface area contributed by atoms with Gasteiger partial charge in [0.25, 0.3) is 5.91 Å². The number of anilines is 1. The third kappa shape index (κ3) is 4.98. The van der Waals surface area contributed by atoms with Gasteiger partial charge in [-0.3, -0.25) is 24.5 Å². The van der Waals surface area contributed by atoms with Crippen molar-refractivity contribution in [3.8, 4) is 0 Å². The van der Waals surface area contributed by atoms with E-state index < -0.39 is 40.5 Å². The SMILES string of the molecule is CCC1(c2ccc(NC(=O)[C@@H](NC(=O)c3c(F)cccc3F)C(C)C)cc2)CCC(=O)NC1=O. The Bertz CT molecular complexity index is 1100. The molecular weight excluding hydrogens is 444 g/mol. The predicted octanol–water partition coefficient (Wildman–Crippen LogP) is 3.44. The zero-order chi connectivity index (χ0) is 25.0. The van der Waals surface area contributed by atoms with Gasteiger partial charge in [-0.15, -0.1) is 0 Å². The van der Waals surface area contributed by atoms with Crippen molar-refractivity contribution in [2.24, 2.45) is 5.92 Å². The van der Waals surface area contributed by atoms with Gasteiger partial charge >= 0.3 is 0 Å². The minimum atomic E-state index is -1.05. The summed E-state index contributed by atoms with van der Waals surface area (Å²) in [4.78, 5) is 49.5. The lowest BCUT2D eigenvalue weighted by Crippen LogP contribution is -2.51. The van der Waals surface area contributed by atoms with E-state index >= 15 is 0 Å². The van der Waals surface area contributed by atoms with Gasteiger partial charge in [-0.2, -0.15) is 0 Å². The third-order valence-corrected chi connectivity index (χ3v) is 6.20. The number of nitrogens with one attached hydrogen (secondary N) is 3. The van der Waals surface area contributed by atoms with Crippen molar-refractivity contribution in [3.05, 3.63) is 65.2 Å².